The molecule has 2 heterocycles. The minimum atomic E-state index is -0.103. The van der Waals surface area contributed by atoms with Crippen LogP contribution in [0.5, 0.6) is 11.5 Å². The lowest BCUT2D eigenvalue weighted by Gasteiger charge is -2.13. The van der Waals surface area contributed by atoms with Crippen LogP contribution in [0.4, 0.5) is 0 Å². The van der Waals surface area contributed by atoms with Crippen molar-refractivity contribution < 1.29 is 19.0 Å². The maximum atomic E-state index is 11.7. The molecular formula is C17H26O4S. The SMILES string of the molecule is CCCCCCCCC(=O)OCC1COc2cscc2OC1. The summed E-state index contributed by atoms with van der Waals surface area (Å²) < 4.78 is 16.7. The zero-order chi connectivity index (χ0) is 15.6. The number of unbranched alkanes of at least 4 members (excludes halogenated alkanes) is 5. The molecule has 1 aromatic heterocycles. The van der Waals surface area contributed by atoms with E-state index in [1.807, 2.05) is 10.8 Å². The molecule has 0 fully saturated rings. The highest BCUT2D eigenvalue weighted by atomic mass is 32.1. The lowest BCUT2D eigenvalue weighted by molar-refractivity contribution is -0.145. The summed E-state index contributed by atoms with van der Waals surface area (Å²) in [4.78, 5) is 11.7. The molecule has 0 bridgehead atoms. The van der Waals surface area contributed by atoms with E-state index in [-0.39, 0.29) is 11.9 Å². The molecule has 0 saturated heterocycles. The van der Waals surface area contributed by atoms with Crippen LogP contribution < -0.4 is 9.47 Å². The minimum Gasteiger partial charge on any atom is -0.488 e. The lowest BCUT2D eigenvalue weighted by atomic mass is 10.1. The molecule has 0 aliphatic carbocycles. The molecule has 22 heavy (non-hydrogen) atoms. The number of hydrogen-bond donors (Lipinski definition) is 0. The Morgan fingerprint density at radius 1 is 1.14 bits per heavy atom. The molecule has 0 saturated carbocycles. The van der Waals surface area contributed by atoms with E-state index in [9.17, 15) is 4.79 Å². The molecule has 0 N–H and O–H groups in total. The summed E-state index contributed by atoms with van der Waals surface area (Å²) in [6.07, 6.45) is 7.59. The maximum Gasteiger partial charge on any atom is 0.305 e. The number of hydrogen-bond acceptors (Lipinski definition) is 5. The van der Waals surface area contributed by atoms with Crippen LogP contribution in [0.3, 0.4) is 0 Å². The molecule has 0 amide bonds. The zero-order valence-electron chi connectivity index (χ0n) is 13.3. The van der Waals surface area contributed by atoms with Gasteiger partial charge >= 0.3 is 5.97 Å². The summed E-state index contributed by atoms with van der Waals surface area (Å²) in [6.45, 7) is 3.65. The van der Waals surface area contributed by atoms with Gasteiger partial charge in [0.1, 0.15) is 6.61 Å². The van der Waals surface area contributed by atoms with E-state index >= 15 is 0 Å². The smallest absolute Gasteiger partial charge is 0.305 e. The van der Waals surface area contributed by atoms with E-state index < -0.39 is 0 Å². The van der Waals surface area contributed by atoms with Gasteiger partial charge in [0.2, 0.25) is 0 Å². The average molecular weight is 326 g/mol. The molecule has 4 nitrogen and oxygen atoms in total. The second-order valence-corrected chi connectivity index (χ2v) is 6.53. The van der Waals surface area contributed by atoms with Crippen LogP contribution in [0, 0.1) is 5.92 Å². The quantitative estimate of drug-likeness (QED) is 0.497. The van der Waals surface area contributed by atoms with Gasteiger partial charge in [-0.2, -0.15) is 0 Å². The van der Waals surface area contributed by atoms with Crippen molar-refractivity contribution in [2.75, 3.05) is 19.8 Å². The molecule has 0 radical (unpaired) electrons. The fraction of sp³-hybridized carbons (Fsp3) is 0.706. The molecule has 1 aliphatic heterocycles. The van der Waals surface area contributed by atoms with Crippen molar-refractivity contribution in [1.29, 1.82) is 0 Å². The molecule has 1 aliphatic rings. The summed E-state index contributed by atoms with van der Waals surface area (Å²) in [7, 11) is 0. The first kappa shape index (κ1) is 17.1. The van der Waals surface area contributed by atoms with Crippen molar-refractivity contribution in [1.82, 2.24) is 0 Å². The van der Waals surface area contributed by atoms with Gasteiger partial charge in [0.05, 0.1) is 19.1 Å². The van der Waals surface area contributed by atoms with Crippen LogP contribution in [-0.4, -0.2) is 25.8 Å². The Balaban J connectivity index is 1.54. The Kier molecular flexibility index (Phi) is 7.57. The Labute approximate surface area is 136 Å². The maximum absolute atomic E-state index is 11.7. The fourth-order valence-electron chi connectivity index (χ4n) is 2.38. The summed E-state index contributed by atoms with van der Waals surface area (Å²) in [5, 5.41) is 3.87. The predicted octanol–water partition coefficient (Wildman–Crippen LogP) is 4.43. The molecule has 1 aromatic rings. The monoisotopic (exact) mass is 326 g/mol. The standard InChI is InChI=1S/C17H26O4S/c1-2-3-4-5-6-7-8-17(18)21-11-14-9-19-15-12-22-13-16(15)20-10-14/h12-14H,2-11H2,1H3. The summed E-state index contributed by atoms with van der Waals surface area (Å²) in [5.41, 5.74) is 0. The van der Waals surface area contributed by atoms with Crippen molar-refractivity contribution in [3.8, 4) is 11.5 Å². The van der Waals surface area contributed by atoms with Gasteiger partial charge in [-0.05, 0) is 6.42 Å². The minimum absolute atomic E-state index is 0.103. The molecule has 0 unspecified atom stereocenters. The fourth-order valence-corrected chi connectivity index (χ4v) is 3.06. The number of fused-ring (bicyclic) bond motifs is 1. The Morgan fingerprint density at radius 2 is 1.77 bits per heavy atom. The van der Waals surface area contributed by atoms with Crippen LogP contribution in [0.25, 0.3) is 0 Å². The summed E-state index contributed by atoms with van der Waals surface area (Å²) in [6, 6.07) is 0. The van der Waals surface area contributed by atoms with Gasteiger partial charge in [-0.1, -0.05) is 39.0 Å². The Bertz CT molecular complexity index is 421. The third kappa shape index (κ3) is 5.87. The largest absolute Gasteiger partial charge is 0.488 e. The number of thiophene rings is 1. The number of carbonyl (C=O) groups excluding carboxylic acids is 1. The highest BCUT2D eigenvalue weighted by Gasteiger charge is 2.20. The number of esters is 1. The Morgan fingerprint density at radius 3 is 2.45 bits per heavy atom. The van der Waals surface area contributed by atoms with E-state index in [2.05, 4.69) is 6.92 Å². The highest BCUT2D eigenvalue weighted by Crippen LogP contribution is 2.34. The van der Waals surface area contributed by atoms with Gasteiger partial charge < -0.3 is 14.2 Å². The van der Waals surface area contributed by atoms with Crippen LogP contribution in [0.1, 0.15) is 51.9 Å². The second-order valence-electron chi connectivity index (χ2n) is 5.79. The average Bonchev–Trinajstić information content (AvgIpc) is 2.89. The molecule has 0 aromatic carbocycles. The molecule has 124 valence electrons. The number of carbonyl (C=O) groups is 1. The van der Waals surface area contributed by atoms with Crippen LogP contribution in [0.15, 0.2) is 10.8 Å². The third-order valence-electron chi connectivity index (χ3n) is 3.76. The van der Waals surface area contributed by atoms with E-state index in [0.29, 0.717) is 26.2 Å². The van der Waals surface area contributed by atoms with Gasteiger partial charge in [-0.25, -0.2) is 0 Å². The van der Waals surface area contributed by atoms with E-state index in [4.69, 9.17) is 14.2 Å². The van der Waals surface area contributed by atoms with Crippen LogP contribution in [-0.2, 0) is 9.53 Å². The van der Waals surface area contributed by atoms with E-state index in [1.165, 1.54) is 25.7 Å². The van der Waals surface area contributed by atoms with Crippen molar-refractivity contribution >= 4 is 17.3 Å². The second kappa shape index (κ2) is 9.72. The molecule has 0 spiro atoms. The van der Waals surface area contributed by atoms with Crippen molar-refractivity contribution in [2.24, 2.45) is 5.92 Å². The van der Waals surface area contributed by atoms with E-state index in [1.54, 1.807) is 11.3 Å². The van der Waals surface area contributed by atoms with Gasteiger partial charge in [-0.3, -0.25) is 4.79 Å². The number of ether oxygens (including phenoxy) is 3. The first-order valence-corrected chi connectivity index (χ1v) is 9.21. The first-order valence-electron chi connectivity index (χ1n) is 8.27. The molecular weight excluding hydrogens is 300 g/mol. The third-order valence-corrected chi connectivity index (χ3v) is 4.46. The zero-order valence-corrected chi connectivity index (χ0v) is 14.2. The highest BCUT2D eigenvalue weighted by molar-refractivity contribution is 7.08. The van der Waals surface area contributed by atoms with Gasteiger partial charge in [0.15, 0.2) is 11.5 Å². The van der Waals surface area contributed by atoms with E-state index in [0.717, 1.165) is 24.3 Å². The van der Waals surface area contributed by atoms with Crippen molar-refractivity contribution in [3.05, 3.63) is 10.8 Å². The lowest BCUT2D eigenvalue weighted by Crippen LogP contribution is -2.24. The van der Waals surface area contributed by atoms with Crippen LogP contribution >= 0.6 is 11.3 Å². The van der Waals surface area contributed by atoms with Crippen molar-refractivity contribution in [3.63, 3.8) is 0 Å². The van der Waals surface area contributed by atoms with Crippen molar-refractivity contribution in [2.45, 2.75) is 51.9 Å². The summed E-state index contributed by atoms with van der Waals surface area (Å²) in [5.74, 6) is 1.59. The van der Waals surface area contributed by atoms with Gasteiger partial charge in [0.25, 0.3) is 0 Å². The first-order chi connectivity index (χ1) is 10.8. The number of rotatable bonds is 9. The van der Waals surface area contributed by atoms with Crippen LogP contribution in [0.2, 0.25) is 0 Å². The molecule has 0 atom stereocenters. The summed E-state index contributed by atoms with van der Waals surface area (Å²) >= 11 is 1.56. The normalized spacial score (nSPS) is 14.6. The molecule has 2 rings (SSSR count). The predicted molar refractivity (Wildman–Crippen MR) is 87.8 cm³/mol. The Hall–Kier alpha value is -1.23. The molecule has 5 heteroatoms. The topological polar surface area (TPSA) is 44.8 Å². The van der Waals surface area contributed by atoms with Gasteiger partial charge in [0, 0.05) is 17.2 Å². The van der Waals surface area contributed by atoms with Gasteiger partial charge in [-0.15, -0.1) is 11.3 Å².